The molecule has 0 heterocycles. The molecule has 2 aromatic carbocycles. The van der Waals surface area contributed by atoms with Gasteiger partial charge in [-0.2, -0.15) is 0 Å². The maximum atomic E-state index is 12.4. The number of carbonyl (C=O) groups excluding carboxylic acids is 2. The van der Waals surface area contributed by atoms with Crippen molar-refractivity contribution in [2.45, 2.75) is 19.9 Å². The van der Waals surface area contributed by atoms with E-state index in [2.05, 4.69) is 0 Å². The van der Waals surface area contributed by atoms with Crippen LogP contribution in [-0.2, 0) is 9.53 Å². The summed E-state index contributed by atoms with van der Waals surface area (Å²) in [5.41, 5.74) is 1.43. The molecule has 0 aliphatic heterocycles. The van der Waals surface area contributed by atoms with E-state index in [-0.39, 0.29) is 24.5 Å². The Morgan fingerprint density at radius 3 is 2.27 bits per heavy atom. The lowest BCUT2D eigenvalue weighted by atomic mass is 10.1. The van der Waals surface area contributed by atoms with Crippen LogP contribution in [0.1, 0.15) is 35.8 Å². The summed E-state index contributed by atoms with van der Waals surface area (Å²) < 4.78 is 10.4. The number of likely N-dealkylation sites (N-methyl/N-ethyl adjacent to an activating group) is 1. The second kappa shape index (κ2) is 9.25. The first kappa shape index (κ1) is 19.8. The Kier molecular flexibility index (Phi) is 7.04. The fraction of sp³-hybridized carbons (Fsp3) is 0.300. The number of esters is 1. The number of hydrogen-bond acceptors (Lipinski definition) is 4. The standard InChI is InChI=1S/C20H22ClNO4/c1-4-25-20(24)16-7-11-18(12-8-16)26-13-19(23)22(3)14(2)15-5-9-17(21)10-6-15/h5-12,14H,4,13H2,1-3H3. The van der Waals surface area contributed by atoms with Gasteiger partial charge in [0.05, 0.1) is 18.2 Å². The third kappa shape index (κ3) is 5.23. The van der Waals surface area contributed by atoms with E-state index >= 15 is 0 Å². The normalized spacial score (nSPS) is 11.5. The maximum Gasteiger partial charge on any atom is 0.338 e. The molecule has 5 nitrogen and oxygen atoms in total. The van der Waals surface area contributed by atoms with Crippen molar-refractivity contribution < 1.29 is 19.1 Å². The number of ether oxygens (including phenoxy) is 2. The molecule has 138 valence electrons. The van der Waals surface area contributed by atoms with Gasteiger partial charge in [-0.1, -0.05) is 23.7 Å². The minimum Gasteiger partial charge on any atom is -0.484 e. The van der Waals surface area contributed by atoms with Crippen LogP contribution in [0.25, 0.3) is 0 Å². The van der Waals surface area contributed by atoms with Gasteiger partial charge < -0.3 is 14.4 Å². The van der Waals surface area contributed by atoms with Crippen molar-refractivity contribution in [2.75, 3.05) is 20.3 Å². The second-order valence-electron chi connectivity index (χ2n) is 5.77. The summed E-state index contributed by atoms with van der Waals surface area (Å²) in [6, 6.07) is 13.8. The lowest BCUT2D eigenvalue weighted by Crippen LogP contribution is -2.33. The summed E-state index contributed by atoms with van der Waals surface area (Å²) in [4.78, 5) is 25.6. The van der Waals surface area contributed by atoms with Crippen LogP contribution in [0.3, 0.4) is 0 Å². The molecule has 2 aromatic rings. The van der Waals surface area contributed by atoms with Gasteiger partial charge in [-0.3, -0.25) is 4.79 Å². The van der Waals surface area contributed by atoms with Gasteiger partial charge in [-0.25, -0.2) is 4.79 Å². The molecule has 0 saturated carbocycles. The first-order valence-electron chi connectivity index (χ1n) is 8.33. The van der Waals surface area contributed by atoms with Gasteiger partial charge in [0.1, 0.15) is 5.75 Å². The van der Waals surface area contributed by atoms with Crippen LogP contribution < -0.4 is 4.74 Å². The third-order valence-corrected chi connectivity index (χ3v) is 4.31. The van der Waals surface area contributed by atoms with E-state index < -0.39 is 0 Å². The maximum absolute atomic E-state index is 12.4. The lowest BCUT2D eigenvalue weighted by molar-refractivity contribution is -0.134. The molecule has 1 unspecified atom stereocenters. The topological polar surface area (TPSA) is 55.8 Å². The zero-order valence-electron chi connectivity index (χ0n) is 15.1. The quantitative estimate of drug-likeness (QED) is 0.683. The average molecular weight is 376 g/mol. The van der Waals surface area contributed by atoms with Crippen LogP contribution in [0, 0.1) is 0 Å². The van der Waals surface area contributed by atoms with Gasteiger partial charge in [-0.15, -0.1) is 0 Å². The van der Waals surface area contributed by atoms with E-state index in [4.69, 9.17) is 21.1 Å². The molecule has 1 atom stereocenters. The smallest absolute Gasteiger partial charge is 0.338 e. The van der Waals surface area contributed by atoms with E-state index in [0.29, 0.717) is 22.9 Å². The third-order valence-electron chi connectivity index (χ3n) is 4.05. The van der Waals surface area contributed by atoms with Gasteiger partial charge in [0.25, 0.3) is 5.91 Å². The number of amides is 1. The molecule has 0 aromatic heterocycles. The van der Waals surface area contributed by atoms with Gasteiger partial charge >= 0.3 is 5.97 Å². The summed E-state index contributed by atoms with van der Waals surface area (Å²) in [5, 5.41) is 0.657. The van der Waals surface area contributed by atoms with Crippen molar-refractivity contribution in [3.63, 3.8) is 0 Å². The molecule has 0 saturated heterocycles. The Labute approximate surface area is 158 Å². The highest BCUT2D eigenvalue weighted by Gasteiger charge is 2.18. The summed E-state index contributed by atoms with van der Waals surface area (Å²) in [5.74, 6) is -0.0208. The minimum absolute atomic E-state index is 0.0901. The molecule has 0 aliphatic carbocycles. The predicted octanol–water partition coefficient (Wildman–Crippen LogP) is 4.12. The number of benzene rings is 2. The fourth-order valence-corrected chi connectivity index (χ4v) is 2.46. The number of rotatable bonds is 7. The highest BCUT2D eigenvalue weighted by atomic mass is 35.5. The number of carbonyl (C=O) groups is 2. The molecule has 1 amide bonds. The number of nitrogens with zero attached hydrogens (tertiary/aromatic N) is 1. The molecule has 0 radical (unpaired) electrons. The summed E-state index contributed by atoms with van der Waals surface area (Å²) in [7, 11) is 1.73. The Morgan fingerprint density at radius 1 is 1.08 bits per heavy atom. The average Bonchev–Trinajstić information content (AvgIpc) is 2.66. The molecule has 0 bridgehead atoms. The van der Waals surface area contributed by atoms with Crippen LogP contribution in [0.4, 0.5) is 0 Å². The van der Waals surface area contributed by atoms with E-state index in [9.17, 15) is 9.59 Å². The highest BCUT2D eigenvalue weighted by Crippen LogP contribution is 2.21. The minimum atomic E-state index is -0.383. The van der Waals surface area contributed by atoms with Crippen molar-refractivity contribution in [2.24, 2.45) is 0 Å². The molecular weight excluding hydrogens is 354 g/mol. The zero-order chi connectivity index (χ0) is 19.1. The zero-order valence-corrected chi connectivity index (χ0v) is 15.8. The van der Waals surface area contributed by atoms with Crippen LogP contribution in [-0.4, -0.2) is 37.0 Å². The van der Waals surface area contributed by atoms with Crippen molar-refractivity contribution in [1.82, 2.24) is 4.90 Å². The molecule has 0 spiro atoms. The van der Waals surface area contributed by atoms with Crippen LogP contribution in [0.5, 0.6) is 5.75 Å². The second-order valence-corrected chi connectivity index (χ2v) is 6.20. The van der Waals surface area contributed by atoms with Crippen LogP contribution in [0.15, 0.2) is 48.5 Å². The van der Waals surface area contributed by atoms with Gasteiger partial charge in [0.15, 0.2) is 6.61 Å². The van der Waals surface area contributed by atoms with Gasteiger partial charge in [-0.05, 0) is 55.8 Å². The fourth-order valence-electron chi connectivity index (χ4n) is 2.33. The van der Waals surface area contributed by atoms with Crippen LogP contribution in [0.2, 0.25) is 5.02 Å². The Hall–Kier alpha value is -2.53. The van der Waals surface area contributed by atoms with E-state index in [0.717, 1.165) is 5.56 Å². The van der Waals surface area contributed by atoms with Crippen molar-refractivity contribution >= 4 is 23.5 Å². The van der Waals surface area contributed by atoms with Crippen molar-refractivity contribution in [3.8, 4) is 5.75 Å². The molecule has 2 rings (SSSR count). The predicted molar refractivity (Wildman–Crippen MR) is 101 cm³/mol. The Morgan fingerprint density at radius 2 is 1.69 bits per heavy atom. The summed E-state index contributed by atoms with van der Waals surface area (Å²) in [6.07, 6.45) is 0. The Bertz CT molecular complexity index is 743. The molecule has 26 heavy (non-hydrogen) atoms. The molecule has 0 N–H and O–H groups in total. The van der Waals surface area contributed by atoms with Crippen molar-refractivity contribution in [3.05, 3.63) is 64.7 Å². The lowest BCUT2D eigenvalue weighted by Gasteiger charge is -2.25. The Balaban J connectivity index is 1.91. The summed E-state index contributed by atoms with van der Waals surface area (Å²) in [6.45, 7) is 3.93. The highest BCUT2D eigenvalue weighted by molar-refractivity contribution is 6.30. The van der Waals surface area contributed by atoms with Crippen LogP contribution >= 0.6 is 11.6 Å². The molecule has 6 heteroatoms. The molecule has 0 fully saturated rings. The van der Waals surface area contributed by atoms with Crippen molar-refractivity contribution in [1.29, 1.82) is 0 Å². The summed E-state index contributed by atoms with van der Waals surface area (Å²) >= 11 is 5.89. The van der Waals surface area contributed by atoms with Gasteiger partial charge in [0, 0.05) is 12.1 Å². The number of halogens is 1. The largest absolute Gasteiger partial charge is 0.484 e. The van der Waals surface area contributed by atoms with E-state index in [1.807, 2.05) is 19.1 Å². The molecule has 0 aliphatic rings. The first-order valence-corrected chi connectivity index (χ1v) is 8.71. The number of hydrogen-bond donors (Lipinski definition) is 0. The van der Waals surface area contributed by atoms with E-state index in [1.54, 1.807) is 55.3 Å². The SMILES string of the molecule is CCOC(=O)c1ccc(OCC(=O)N(C)C(C)c2ccc(Cl)cc2)cc1. The van der Waals surface area contributed by atoms with Gasteiger partial charge in [0.2, 0.25) is 0 Å². The monoisotopic (exact) mass is 375 g/mol. The molecular formula is C20H22ClNO4. The first-order chi connectivity index (χ1) is 12.4. The van der Waals surface area contributed by atoms with E-state index in [1.165, 1.54) is 0 Å².